The Kier molecular flexibility index (Phi) is 4.92. The fraction of sp³-hybridized carbons (Fsp3) is 0.294. The molecule has 3 aliphatic rings. The number of amides is 1. The van der Waals surface area contributed by atoms with Crippen LogP contribution in [-0.2, 0) is 9.63 Å². The number of aliphatic imine (C=N–C) groups is 1. The first-order valence-electron chi connectivity index (χ1n) is 8.24. The van der Waals surface area contributed by atoms with Gasteiger partial charge in [0.25, 0.3) is 5.91 Å². The molecule has 1 saturated carbocycles. The molecule has 7 nitrogen and oxygen atoms in total. The molecule has 2 heterocycles. The smallest absolute Gasteiger partial charge is 0.295 e. The number of carbonyl (C=O) groups excluding carboxylic acids is 1. The van der Waals surface area contributed by atoms with E-state index in [0.717, 1.165) is 22.1 Å². The number of anilines is 1. The average molecular weight is 469 g/mol. The van der Waals surface area contributed by atoms with Crippen LogP contribution < -0.4 is 15.8 Å². The van der Waals surface area contributed by atoms with Gasteiger partial charge in [-0.2, -0.15) is 0 Å². The van der Waals surface area contributed by atoms with Crippen LogP contribution in [0.25, 0.3) is 0 Å². The third-order valence-electron chi connectivity index (χ3n) is 4.22. The highest BCUT2D eigenvalue weighted by molar-refractivity contribution is 14.1. The Morgan fingerprint density at radius 2 is 2.31 bits per heavy atom. The van der Waals surface area contributed by atoms with Crippen molar-refractivity contribution >= 4 is 40.5 Å². The molecule has 0 aromatic heterocycles. The number of nitrogens with one attached hydrogen (secondary N) is 2. The lowest BCUT2D eigenvalue weighted by atomic mass is 10.2. The van der Waals surface area contributed by atoms with Crippen LogP contribution in [0.4, 0.5) is 10.1 Å². The molecule has 1 amide bonds. The summed E-state index contributed by atoms with van der Waals surface area (Å²) in [7, 11) is 0. The maximum atomic E-state index is 14.2. The molecule has 26 heavy (non-hydrogen) atoms. The van der Waals surface area contributed by atoms with Gasteiger partial charge in [-0.25, -0.2) is 14.9 Å². The van der Waals surface area contributed by atoms with Crippen molar-refractivity contribution in [2.24, 2.45) is 10.9 Å². The molecule has 0 saturated heterocycles. The number of rotatable bonds is 6. The van der Waals surface area contributed by atoms with E-state index in [2.05, 4.69) is 15.9 Å². The van der Waals surface area contributed by atoms with E-state index < -0.39 is 5.91 Å². The third kappa shape index (κ3) is 3.89. The van der Waals surface area contributed by atoms with Crippen LogP contribution in [0.1, 0.15) is 12.8 Å². The molecule has 0 atom stereocenters. The SMILES string of the molecule is O=C(NOCC1CC1)C1=C[N+]2C=NC=C2CN1Nc1ccc(I)cc1F. The molecule has 9 heteroatoms. The van der Waals surface area contributed by atoms with E-state index in [0.29, 0.717) is 24.8 Å². The zero-order valence-corrected chi connectivity index (χ0v) is 15.9. The van der Waals surface area contributed by atoms with Crippen LogP contribution >= 0.6 is 22.6 Å². The van der Waals surface area contributed by atoms with Crippen molar-refractivity contribution in [1.82, 2.24) is 15.4 Å². The van der Waals surface area contributed by atoms with Crippen molar-refractivity contribution < 1.29 is 14.0 Å². The Bertz CT molecular complexity index is 821. The van der Waals surface area contributed by atoms with Crippen molar-refractivity contribution in [2.75, 3.05) is 18.6 Å². The number of halogens is 2. The van der Waals surface area contributed by atoms with Gasteiger partial charge in [-0.05, 0) is 59.5 Å². The quantitative estimate of drug-likeness (QED) is 0.382. The lowest BCUT2D eigenvalue weighted by Gasteiger charge is -2.29. The summed E-state index contributed by atoms with van der Waals surface area (Å²) < 4.78 is 15.0. The number of hydrazine groups is 1. The lowest BCUT2D eigenvalue weighted by molar-refractivity contribution is -0.131. The molecule has 1 radical (unpaired) electrons. The van der Waals surface area contributed by atoms with Crippen LogP contribution in [0.5, 0.6) is 0 Å². The number of hydrogen-bond donors (Lipinski definition) is 2. The lowest BCUT2D eigenvalue weighted by Crippen LogP contribution is -2.46. The zero-order chi connectivity index (χ0) is 18.1. The number of hydrogen-bond acceptors (Lipinski definition) is 6. The Morgan fingerprint density at radius 1 is 1.46 bits per heavy atom. The monoisotopic (exact) mass is 469 g/mol. The Labute approximate surface area is 163 Å². The Morgan fingerprint density at radius 3 is 3.08 bits per heavy atom. The van der Waals surface area contributed by atoms with Gasteiger partial charge < -0.3 is 0 Å². The van der Waals surface area contributed by atoms with Gasteiger partial charge in [0.05, 0.1) is 18.5 Å². The molecule has 1 fully saturated rings. The summed E-state index contributed by atoms with van der Waals surface area (Å²) in [5.74, 6) is -0.254. The Hall–Kier alpha value is -1.98. The van der Waals surface area contributed by atoms with E-state index in [1.807, 2.05) is 22.6 Å². The highest BCUT2D eigenvalue weighted by Gasteiger charge is 2.36. The second-order valence-electron chi connectivity index (χ2n) is 6.31. The molecule has 4 rings (SSSR count). The number of carbonyl (C=O) groups is 1. The van der Waals surface area contributed by atoms with Crippen LogP contribution in [0.3, 0.4) is 0 Å². The number of hydroxylamine groups is 1. The van der Waals surface area contributed by atoms with Gasteiger partial charge in [0.1, 0.15) is 12.4 Å². The molecule has 1 aromatic carbocycles. The highest BCUT2D eigenvalue weighted by atomic mass is 127. The van der Waals surface area contributed by atoms with Crippen molar-refractivity contribution in [3.8, 4) is 0 Å². The summed E-state index contributed by atoms with van der Waals surface area (Å²) in [6, 6.07) is 4.86. The number of nitrogens with zero attached hydrogens (tertiary/aromatic N) is 3. The second-order valence-corrected chi connectivity index (χ2v) is 7.56. The molecular weight excluding hydrogens is 452 g/mol. The molecule has 0 unspecified atom stereocenters. The predicted molar refractivity (Wildman–Crippen MR) is 103 cm³/mol. The summed E-state index contributed by atoms with van der Waals surface area (Å²) in [5.41, 5.74) is 6.92. The van der Waals surface area contributed by atoms with Crippen molar-refractivity contribution in [2.45, 2.75) is 12.8 Å². The van der Waals surface area contributed by atoms with Gasteiger partial charge in [-0.15, -0.1) is 0 Å². The third-order valence-corrected chi connectivity index (χ3v) is 4.89. The van der Waals surface area contributed by atoms with E-state index in [9.17, 15) is 9.18 Å². The van der Waals surface area contributed by atoms with Gasteiger partial charge in [0.15, 0.2) is 11.9 Å². The molecular formula is C17H17FIN5O2+. The minimum Gasteiger partial charge on any atom is -0.295 e. The molecule has 1 aromatic rings. The van der Waals surface area contributed by atoms with Crippen LogP contribution in [0.2, 0.25) is 0 Å². The van der Waals surface area contributed by atoms with E-state index in [-0.39, 0.29) is 11.5 Å². The topological polar surface area (TPSA) is 71.9 Å². The average Bonchev–Trinajstić information content (AvgIpc) is 3.32. The van der Waals surface area contributed by atoms with Gasteiger partial charge in [0.2, 0.25) is 12.0 Å². The van der Waals surface area contributed by atoms with Crippen LogP contribution in [-0.4, -0.2) is 30.4 Å². The van der Waals surface area contributed by atoms with E-state index >= 15 is 0 Å². The molecule has 2 N–H and O–H groups in total. The van der Waals surface area contributed by atoms with Crippen LogP contribution in [0, 0.1) is 15.3 Å². The van der Waals surface area contributed by atoms with E-state index in [4.69, 9.17) is 4.84 Å². The number of benzene rings is 1. The summed E-state index contributed by atoms with van der Waals surface area (Å²) in [6.07, 6.45) is 7.23. The van der Waals surface area contributed by atoms with Crippen molar-refractivity contribution in [3.05, 3.63) is 51.4 Å². The minimum atomic E-state index is -0.400. The highest BCUT2D eigenvalue weighted by Crippen LogP contribution is 2.28. The summed E-state index contributed by atoms with van der Waals surface area (Å²) in [5, 5.41) is 1.58. The van der Waals surface area contributed by atoms with Gasteiger partial charge in [-0.3, -0.25) is 20.1 Å². The first kappa shape index (κ1) is 17.4. The first-order chi connectivity index (χ1) is 12.6. The van der Waals surface area contributed by atoms with E-state index in [1.54, 1.807) is 40.8 Å². The van der Waals surface area contributed by atoms with Gasteiger partial charge in [0, 0.05) is 3.57 Å². The van der Waals surface area contributed by atoms with Crippen LogP contribution in [0.15, 0.2) is 47.0 Å². The normalized spacial score (nSPS) is 19.1. The molecule has 0 spiro atoms. The summed E-state index contributed by atoms with van der Waals surface area (Å²) >= 11 is 2.05. The standard InChI is InChI=1S/C17H17FIN5O2/c18-14-5-12(19)3-4-15(14)21-24-7-13-6-20-10-23(13)8-16(24)17(25)22-26-9-11-1-2-11/h3-6,8,10-11,21H,1-2,7,9H2,(H,22,25)/q+1. The number of fused-ring (bicyclic) bond motifs is 1. The molecule has 2 aliphatic heterocycles. The molecule has 135 valence electrons. The van der Waals surface area contributed by atoms with Gasteiger partial charge in [-0.1, -0.05) is 4.90 Å². The molecule has 0 bridgehead atoms. The summed E-state index contributed by atoms with van der Waals surface area (Å²) in [4.78, 5) is 23.7. The maximum absolute atomic E-state index is 14.2. The first-order valence-corrected chi connectivity index (χ1v) is 9.32. The van der Waals surface area contributed by atoms with Crippen molar-refractivity contribution in [1.29, 1.82) is 0 Å². The fourth-order valence-electron chi connectivity index (χ4n) is 2.59. The van der Waals surface area contributed by atoms with E-state index in [1.165, 1.54) is 6.07 Å². The largest absolute Gasteiger partial charge is 0.298 e. The zero-order valence-electron chi connectivity index (χ0n) is 13.8. The predicted octanol–water partition coefficient (Wildman–Crippen LogP) is 2.40. The van der Waals surface area contributed by atoms with Crippen molar-refractivity contribution in [3.63, 3.8) is 0 Å². The minimum absolute atomic E-state index is 0.288. The molecule has 1 aliphatic carbocycles. The van der Waals surface area contributed by atoms with Gasteiger partial charge >= 0.3 is 0 Å². The fourth-order valence-corrected chi connectivity index (χ4v) is 3.04. The Balaban J connectivity index is 1.51. The maximum Gasteiger partial charge on any atom is 0.298 e. The second kappa shape index (κ2) is 7.33. The summed E-state index contributed by atoms with van der Waals surface area (Å²) in [6.45, 7) is 0.863.